The highest BCUT2D eigenvalue weighted by atomic mass is 31.2. The maximum absolute atomic E-state index is 12.8. The molecule has 0 bridgehead atoms. The van der Waals surface area contributed by atoms with Crippen LogP contribution in [0.4, 0.5) is 8.59 Å². The number of alkyl halides is 1. The van der Waals surface area contributed by atoms with E-state index in [4.69, 9.17) is 0 Å². The molecule has 5 heteroatoms. The van der Waals surface area contributed by atoms with Gasteiger partial charge in [0.15, 0.2) is 8.23 Å². The standard InChI is InChI=1S/C9H9F2O2P/c1-14(11)9(10)13-8-4-2-7(6-12)3-5-8/h2-6,9H,1H3. The fourth-order valence-corrected chi connectivity index (χ4v) is 1.08. The van der Waals surface area contributed by atoms with Gasteiger partial charge in [-0.05, 0) is 30.9 Å². The minimum atomic E-state index is -2.26. The van der Waals surface area contributed by atoms with Crippen LogP contribution >= 0.6 is 8.23 Å². The molecule has 0 aromatic heterocycles. The summed E-state index contributed by atoms with van der Waals surface area (Å²) in [6.45, 7) is 1.14. The maximum atomic E-state index is 12.8. The zero-order valence-corrected chi connectivity index (χ0v) is 8.38. The van der Waals surface area contributed by atoms with Gasteiger partial charge in [0.2, 0.25) is 0 Å². The first-order valence-electron chi connectivity index (χ1n) is 3.88. The van der Waals surface area contributed by atoms with Crippen LogP contribution in [0, 0.1) is 0 Å². The Morgan fingerprint density at radius 3 is 2.43 bits per heavy atom. The van der Waals surface area contributed by atoms with E-state index >= 15 is 0 Å². The second-order valence-electron chi connectivity index (χ2n) is 2.62. The maximum Gasteiger partial charge on any atom is 0.284 e. The lowest BCUT2D eigenvalue weighted by Crippen LogP contribution is -2.05. The number of carbonyl (C=O) groups is 1. The summed E-state index contributed by atoms with van der Waals surface area (Å²) in [4.78, 5) is 10.3. The van der Waals surface area contributed by atoms with E-state index in [1.54, 1.807) is 0 Å². The topological polar surface area (TPSA) is 26.3 Å². The Labute approximate surface area is 81.8 Å². The van der Waals surface area contributed by atoms with E-state index in [2.05, 4.69) is 4.74 Å². The molecular formula is C9H9F2O2P. The number of ether oxygens (including phenoxy) is 1. The molecule has 2 atom stereocenters. The normalized spacial score (nSPS) is 14.5. The fraction of sp³-hybridized carbons (Fsp3) is 0.222. The highest BCUT2D eigenvalue weighted by Gasteiger charge is 2.16. The monoisotopic (exact) mass is 218 g/mol. The minimum Gasteiger partial charge on any atom is -0.454 e. The summed E-state index contributed by atoms with van der Waals surface area (Å²) in [7, 11) is -2.26. The number of rotatable bonds is 4. The molecule has 2 nitrogen and oxygen atoms in total. The Kier molecular flexibility index (Phi) is 3.96. The van der Waals surface area contributed by atoms with Crippen molar-refractivity contribution in [1.82, 2.24) is 0 Å². The Balaban J connectivity index is 2.64. The molecule has 1 aromatic carbocycles. The van der Waals surface area contributed by atoms with Gasteiger partial charge in [0, 0.05) is 5.56 Å². The van der Waals surface area contributed by atoms with Crippen LogP contribution in [0.2, 0.25) is 0 Å². The van der Waals surface area contributed by atoms with Crippen molar-refractivity contribution in [1.29, 1.82) is 0 Å². The molecule has 0 fully saturated rings. The second kappa shape index (κ2) is 5.01. The lowest BCUT2D eigenvalue weighted by Gasteiger charge is -2.11. The smallest absolute Gasteiger partial charge is 0.284 e. The van der Waals surface area contributed by atoms with E-state index in [1.165, 1.54) is 24.3 Å². The van der Waals surface area contributed by atoms with Crippen LogP contribution in [0.25, 0.3) is 0 Å². The molecule has 0 aliphatic carbocycles. The Morgan fingerprint density at radius 2 is 2.00 bits per heavy atom. The number of aldehydes is 1. The first kappa shape index (κ1) is 11.1. The van der Waals surface area contributed by atoms with Crippen LogP contribution < -0.4 is 4.74 Å². The zero-order chi connectivity index (χ0) is 10.6. The van der Waals surface area contributed by atoms with Gasteiger partial charge in [0.05, 0.1) is 0 Å². The van der Waals surface area contributed by atoms with Crippen molar-refractivity contribution in [3.63, 3.8) is 0 Å². The molecule has 0 amide bonds. The number of benzene rings is 1. The van der Waals surface area contributed by atoms with Crippen molar-refractivity contribution in [3.8, 4) is 5.75 Å². The van der Waals surface area contributed by atoms with E-state index < -0.39 is 14.3 Å². The van der Waals surface area contributed by atoms with Crippen LogP contribution in [0.1, 0.15) is 10.4 Å². The van der Waals surface area contributed by atoms with Gasteiger partial charge in [0.1, 0.15) is 12.0 Å². The lowest BCUT2D eigenvalue weighted by atomic mass is 10.2. The number of hydrogen-bond donors (Lipinski definition) is 0. The molecule has 0 heterocycles. The van der Waals surface area contributed by atoms with Gasteiger partial charge in [-0.2, -0.15) is 4.39 Å². The van der Waals surface area contributed by atoms with Crippen LogP contribution in [-0.2, 0) is 0 Å². The van der Waals surface area contributed by atoms with Crippen molar-refractivity contribution in [2.75, 3.05) is 6.66 Å². The predicted octanol–water partition coefficient (Wildman–Crippen LogP) is 3.13. The first-order valence-corrected chi connectivity index (χ1v) is 5.63. The van der Waals surface area contributed by atoms with Crippen LogP contribution in [-0.4, -0.2) is 19.0 Å². The summed E-state index contributed by atoms with van der Waals surface area (Å²) in [5.74, 6) is 0.218. The number of hydrogen-bond acceptors (Lipinski definition) is 2. The van der Waals surface area contributed by atoms with Crippen molar-refractivity contribution in [2.45, 2.75) is 6.10 Å². The lowest BCUT2D eigenvalue weighted by molar-refractivity contribution is 0.112. The average molecular weight is 218 g/mol. The molecule has 0 spiro atoms. The van der Waals surface area contributed by atoms with Crippen molar-refractivity contribution >= 4 is 14.5 Å². The summed E-state index contributed by atoms with van der Waals surface area (Å²) in [5, 5.41) is 0. The van der Waals surface area contributed by atoms with E-state index in [1.807, 2.05) is 0 Å². The molecule has 0 aliphatic heterocycles. The van der Waals surface area contributed by atoms with Gasteiger partial charge in [-0.3, -0.25) is 4.79 Å². The van der Waals surface area contributed by atoms with E-state index in [-0.39, 0.29) is 5.75 Å². The van der Waals surface area contributed by atoms with Gasteiger partial charge < -0.3 is 4.74 Å². The summed E-state index contributed by atoms with van der Waals surface area (Å²) in [5.41, 5.74) is 0.465. The van der Waals surface area contributed by atoms with E-state index in [9.17, 15) is 13.4 Å². The summed E-state index contributed by atoms with van der Waals surface area (Å²) in [6.07, 6.45) is -1.24. The van der Waals surface area contributed by atoms with Crippen LogP contribution in [0.15, 0.2) is 24.3 Å². The molecule has 76 valence electrons. The molecule has 14 heavy (non-hydrogen) atoms. The van der Waals surface area contributed by atoms with Gasteiger partial charge in [-0.15, -0.1) is 0 Å². The largest absolute Gasteiger partial charge is 0.454 e. The number of halogens is 2. The molecular weight excluding hydrogens is 209 g/mol. The van der Waals surface area contributed by atoms with Crippen LogP contribution in [0.5, 0.6) is 5.75 Å². The van der Waals surface area contributed by atoms with Crippen molar-refractivity contribution in [3.05, 3.63) is 29.8 Å². The summed E-state index contributed by atoms with van der Waals surface area (Å²) < 4.78 is 29.8. The SMILES string of the molecule is CP(F)C(F)Oc1ccc(C=O)cc1. The molecule has 0 saturated heterocycles. The molecule has 0 saturated carbocycles. The Bertz CT molecular complexity index is 300. The van der Waals surface area contributed by atoms with Gasteiger partial charge >= 0.3 is 0 Å². The second-order valence-corrected chi connectivity index (χ2v) is 4.08. The third kappa shape index (κ3) is 3.04. The quantitative estimate of drug-likeness (QED) is 0.573. The number of carbonyl (C=O) groups excluding carboxylic acids is 1. The van der Waals surface area contributed by atoms with Gasteiger partial charge in [-0.1, -0.05) is 0 Å². The molecule has 0 aliphatic rings. The molecule has 2 unspecified atom stereocenters. The molecule has 0 N–H and O–H groups in total. The summed E-state index contributed by atoms with van der Waals surface area (Å²) >= 11 is 0. The molecule has 1 aromatic rings. The highest BCUT2D eigenvalue weighted by Crippen LogP contribution is 2.40. The van der Waals surface area contributed by atoms with Gasteiger partial charge in [-0.25, -0.2) is 4.20 Å². The minimum absolute atomic E-state index is 0.218. The summed E-state index contributed by atoms with van der Waals surface area (Å²) in [6, 6.07) is 5.81. The van der Waals surface area contributed by atoms with Crippen LogP contribution in [0.3, 0.4) is 0 Å². The first-order chi connectivity index (χ1) is 6.63. The van der Waals surface area contributed by atoms with E-state index in [0.29, 0.717) is 11.8 Å². The van der Waals surface area contributed by atoms with Crippen molar-refractivity contribution < 1.29 is 18.1 Å². The molecule has 0 radical (unpaired) electrons. The Morgan fingerprint density at radius 1 is 1.43 bits per heavy atom. The highest BCUT2D eigenvalue weighted by molar-refractivity contribution is 7.51. The average Bonchev–Trinajstić information content (AvgIpc) is 2.19. The van der Waals surface area contributed by atoms with E-state index in [0.717, 1.165) is 6.66 Å². The zero-order valence-electron chi connectivity index (χ0n) is 7.48. The third-order valence-corrected chi connectivity index (χ3v) is 2.19. The third-order valence-electron chi connectivity index (χ3n) is 1.53. The molecule has 1 rings (SSSR count). The van der Waals surface area contributed by atoms with Crippen molar-refractivity contribution in [2.24, 2.45) is 0 Å². The predicted molar refractivity (Wildman–Crippen MR) is 51.3 cm³/mol. The Hall–Kier alpha value is -1.02. The van der Waals surface area contributed by atoms with Gasteiger partial charge in [0.25, 0.3) is 6.10 Å². The fourth-order valence-electron chi connectivity index (χ4n) is 0.810.